The number of nitrogens with zero attached hydrogens (tertiary/aromatic N) is 1. The highest BCUT2D eigenvalue weighted by atomic mass is 31.2. The molecule has 0 amide bonds. The number of phosphoric ester groups is 1. The number of ether oxygens (including phenoxy) is 2. The molecule has 2 aromatic carbocycles. The van der Waals surface area contributed by atoms with Crippen molar-refractivity contribution >= 4 is 7.82 Å². The van der Waals surface area contributed by atoms with Crippen LogP contribution in [0.15, 0.2) is 54.6 Å². The highest BCUT2D eigenvalue weighted by Crippen LogP contribution is 2.54. The lowest BCUT2D eigenvalue weighted by atomic mass is 9.79. The number of piperidine rings is 1. The smallest absolute Gasteiger partial charge is 0.379 e. The maximum atomic E-state index is 13.0. The highest BCUT2D eigenvalue weighted by Gasteiger charge is 2.58. The van der Waals surface area contributed by atoms with Gasteiger partial charge in [-0.15, -0.1) is 0 Å². The highest BCUT2D eigenvalue weighted by molar-refractivity contribution is 7.47. The van der Waals surface area contributed by atoms with Crippen molar-refractivity contribution in [3.8, 4) is 0 Å². The van der Waals surface area contributed by atoms with E-state index in [1.807, 2.05) is 36.4 Å². The molecule has 0 radical (unpaired) electrons. The first-order valence-electron chi connectivity index (χ1n) is 20.0. The van der Waals surface area contributed by atoms with Gasteiger partial charge in [0.15, 0.2) is 0 Å². The maximum absolute atomic E-state index is 13.0. The molecule has 50 heavy (non-hydrogen) atoms. The summed E-state index contributed by atoms with van der Waals surface area (Å²) in [6, 6.07) is 19.0. The van der Waals surface area contributed by atoms with Gasteiger partial charge in [-0.3, -0.25) is 9.05 Å². The topological polar surface area (TPSA) is 74.2 Å². The zero-order valence-electron chi connectivity index (χ0n) is 31.7. The van der Waals surface area contributed by atoms with Gasteiger partial charge in [0, 0.05) is 31.4 Å². The van der Waals surface area contributed by atoms with Crippen LogP contribution in [0.3, 0.4) is 0 Å². The van der Waals surface area contributed by atoms with Crippen LogP contribution in [0.2, 0.25) is 0 Å². The molecule has 2 heterocycles. The molecule has 2 fully saturated rings. The number of unbranched alkanes of at least 4 members (excludes halogenated alkanes) is 13. The Kier molecular flexibility index (Phi) is 18.0. The second-order valence-corrected chi connectivity index (χ2v) is 16.9. The van der Waals surface area contributed by atoms with Crippen LogP contribution >= 0.6 is 7.82 Å². The van der Waals surface area contributed by atoms with Crippen LogP contribution in [0, 0.1) is 0 Å². The van der Waals surface area contributed by atoms with Crippen molar-refractivity contribution in [3.63, 3.8) is 0 Å². The van der Waals surface area contributed by atoms with E-state index in [1.165, 1.54) is 115 Å². The fourth-order valence-electron chi connectivity index (χ4n) is 8.36. The molecule has 7 nitrogen and oxygen atoms in total. The van der Waals surface area contributed by atoms with Crippen LogP contribution in [-0.4, -0.2) is 55.4 Å². The van der Waals surface area contributed by atoms with Crippen LogP contribution in [0.1, 0.15) is 146 Å². The van der Waals surface area contributed by atoms with Crippen molar-refractivity contribution in [2.75, 3.05) is 33.9 Å². The lowest BCUT2D eigenvalue weighted by Crippen LogP contribution is -2.59. The Morgan fingerprint density at radius 1 is 0.760 bits per heavy atom. The number of fused-ring (bicyclic) bond motifs is 2. The van der Waals surface area contributed by atoms with Gasteiger partial charge in [0.1, 0.15) is 11.6 Å². The summed E-state index contributed by atoms with van der Waals surface area (Å²) in [4.78, 5) is 10.6. The predicted octanol–water partition coefficient (Wildman–Crippen LogP) is 11.0. The molecule has 4 unspecified atom stereocenters. The summed E-state index contributed by atoms with van der Waals surface area (Å²) in [6.07, 6.45) is 24.2. The van der Waals surface area contributed by atoms with Gasteiger partial charge in [-0.1, -0.05) is 139 Å². The van der Waals surface area contributed by atoms with E-state index in [0.29, 0.717) is 25.9 Å². The maximum Gasteiger partial charge on any atom is 0.472 e. The summed E-state index contributed by atoms with van der Waals surface area (Å²) in [7, 11) is 0.430. The molecular formula is C42H69NO6P+. The van der Waals surface area contributed by atoms with Crippen LogP contribution < -0.4 is 0 Å². The molecule has 2 saturated heterocycles. The van der Waals surface area contributed by atoms with Gasteiger partial charge in [0.2, 0.25) is 0 Å². The van der Waals surface area contributed by atoms with Crippen LogP contribution in [0.25, 0.3) is 0 Å². The lowest BCUT2D eigenvalue weighted by Gasteiger charge is -2.50. The number of benzene rings is 2. The Morgan fingerprint density at radius 2 is 1.40 bits per heavy atom. The van der Waals surface area contributed by atoms with E-state index in [1.54, 1.807) is 0 Å². The summed E-state index contributed by atoms with van der Waals surface area (Å²) < 4.78 is 37.1. The average molecular weight is 715 g/mol. The van der Waals surface area contributed by atoms with Crippen LogP contribution in [0.5, 0.6) is 0 Å². The van der Waals surface area contributed by atoms with Crippen molar-refractivity contribution in [3.05, 3.63) is 71.3 Å². The van der Waals surface area contributed by atoms with E-state index in [-0.39, 0.29) is 18.8 Å². The molecule has 2 aliphatic rings. The second-order valence-electron chi connectivity index (χ2n) is 15.5. The molecule has 4 rings (SSSR count). The number of phosphoric acid groups is 1. The monoisotopic (exact) mass is 714 g/mol. The fraction of sp³-hybridized carbons (Fsp3) is 0.714. The minimum Gasteiger partial charge on any atom is -0.379 e. The molecule has 1 N–H and O–H groups in total. The zero-order valence-corrected chi connectivity index (χ0v) is 32.6. The third-order valence-electron chi connectivity index (χ3n) is 11.6. The second kappa shape index (κ2) is 21.8. The van der Waals surface area contributed by atoms with Crippen molar-refractivity contribution in [1.82, 2.24) is 0 Å². The van der Waals surface area contributed by atoms with Crippen molar-refractivity contribution in [2.45, 2.75) is 160 Å². The molecule has 2 aromatic rings. The molecular weight excluding hydrogens is 645 g/mol. The van der Waals surface area contributed by atoms with Gasteiger partial charge in [0.05, 0.1) is 46.6 Å². The first-order valence-corrected chi connectivity index (χ1v) is 21.5. The van der Waals surface area contributed by atoms with Crippen molar-refractivity contribution in [1.29, 1.82) is 0 Å². The largest absolute Gasteiger partial charge is 0.472 e. The molecule has 0 saturated carbocycles. The number of hydrogen-bond acceptors (Lipinski definition) is 5. The third-order valence-corrected chi connectivity index (χ3v) is 12.5. The van der Waals surface area contributed by atoms with Gasteiger partial charge in [-0.2, -0.15) is 0 Å². The zero-order chi connectivity index (χ0) is 35.5. The standard InChI is InChI=1S/C42H68NO6P/c1-4-5-6-7-8-9-10-11-12-13-14-15-16-20-31-46-35-41(47-33-37-23-18-17-19-24-37)36-49-50(44,45)48-34-38-25-21-26-39(32-38)42-29-22-27-40(28-30-42)43(42,2)3/h17-19,21,23-26,32,40-41H,4-16,20,22,27-31,33-36H2,1-3H3/p+1. The Hall–Kier alpha value is -1.57. The van der Waals surface area contributed by atoms with E-state index in [0.717, 1.165) is 28.5 Å². The van der Waals surface area contributed by atoms with Crippen molar-refractivity contribution < 1.29 is 32.5 Å². The number of hydrogen-bond donors (Lipinski definition) is 1. The Morgan fingerprint density at radius 3 is 2.08 bits per heavy atom. The Balaban J connectivity index is 1.14. The molecule has 4 atom stereocenters. The lowest BCUT2D eigenvalue weighted by molar-refractivity contribution is -0.963. The van der Waals surface area contributed by atoms with Gasteiger partial charge in [-0.05, 0) is 36.5 Å². The molecule has 0 aromatic heterocycles. The minimum atomic E-state index is -4.31. The number of rotatable bonds is 27. The summed E-state index contributed by atoms with van der Waals surface area (Å²) in [5.74, 6) is 0. The Bertz CT molecular complexity index is 1250. The third kappa shape index (κ3) is 13.1. The molecule has 0 aliphatic carbocycles. The van der Waals surface area contributed by atoms with Gasteiger partial charge in [0.25, 0.3) is 0 Å². The number of quaternary nitrogens is 1. The van der Waals surface area contributed by atoms with Crippen LogP contribution in [0.4, 0.5) is 0 Å². The molecule has 8 heteroatoms. The normalized spacial score (nSPS) is 21.6. The van der Waals surface area contributed by atoms with E-state index < -0.39 is 13.9 Å². The first kappa shape index (κ1) is 41.2. The molecule has 2 aliphatic heterocycles. The molecule has 0 spiro atoms. The average Bonchev–Trinajstić information content (AvgIpc) is 3.24. The van der Waals surface area contributed by atoms with E-state index in [2.05, 4.69) is 39.2 Å². The summed E-state index contributed by atoms with van der Waals surface area (Å²) in [6.45, 7) is 3.51. The fourth-order valence-corrected chi connectivity index (χ4v) is 9.11. The van der Waals surface area contributed by atoms with Gasteiger partial charge < -0.3 is 18.9 Å². The summed E-state index contributed by atoms with van der Waals surface area (Å²) in [5, 5.41) is 0. The van der Waals surface area contributed by atoms with Gasteiger partial charge >= 0.3 is 7.82 Å². The van der Waals surface area contributed by atoms with E-state index >= 15 is 0 Å². The molecule has 282 valence electrons. The SMILES string of the molecule is CCCCCCCCCCCCCCCCOCC(COP(=O)(O)OCc1cccc(C23CCCC(CC2)[N+]3(C)C)c1)OCc1ccccc1. The summed E-state index contributed by atoms with van der Waals surface area (Å²) in [5.41, 5.74) is 3.33. The first-order chi connectivity index (χ1) is 24.3. The molecule has 2 bridgehead atoms. The van der Waals surface area contributed by atoms with Gasteiger partial charge in [-0.25, -0.2) is 4.57 Å². The predicted molar refractivity (Wildman–Crippen MR) is 204 cm³/mol. The van der Waals surface area contributed by atoms with Crippen molar-refractivity contribution in [2.24, 2.45) is 0 Å². The quantitative estimate of drug-likeness (QED) is 0.0564. The van der Waals surface area contributed by atoms with E-state index in [4.69, 9.17) is 18.5 Å². The summed E-state index contributed by atoms with van der Waals surface area (Å²) >= 11 is 0. The minimum absolute atomic E-state index is 0.0136. The Labute approximate surface area is 304 Å². The van der Waals surface area contributed by atoms with E-state index in [9.17, 15) is 9.46 Å². The van der Waals surface area contributed by atoms with Crippen LogP contribution in [-0.2, 0) is 41.8 Å².